The first-order valence-corrected chi connectivity index (χ1v) is 8.46. The van der Waals surface area contributed by atoms with Gasteiger partial charge in [0.15, 0.2) is 6.10 Å². The molecule has 5 nitrogen and oxygen atoms in total. The van der Waals surface area contributed by atoms with Gasteiger partial charge in [-0.3, -0.25) is 9.59 Å². The van der Waals surface area contributed by atoms with Crippen LogP contribution in [-0.2, 0) is 16.0 Å². The Morgan fingerprint density at radius 3 is 2.72 bits per heavy atom. The lowest BCUT2D eigenvalue weighted by Crippen LogP contribution is -2.50. The summed E-state index contributed by atoms with van der Waals surface area (Å²) in [6.45, 7) is 0.140. The van der Waals surface area contributed by atoms with Gasteiger partial charge in [0.05, 0.1) is 18.7 Å². The highest BCUT2D eigenvalue weighted by Crippen LogP contribution is 2.34. The molecular weight excluding hydrogens is 363 g/mol. The fraction of sp³-hybridized carbons (Fsp3) is 0.222. The van der Waals surface area contributed by atoms with Crippen molar-refractivity contribution in [3.05, 3.63) is 58.1 Å². The number of hydrogen-bond donors (Lipinski definition) is 1. The number of ether oxygens (including phenoxy) is 1. The molecule has 1 aliphatic rings. The van der Waals surface area contributed by atoms with Crippen LogP contribution < -0.4 is 15.0 Å². The lowest BCUT2D eigenvalue weighted by atomic mass is 10.1. The monoisotopic (exact) mass is 378 g/mol. The van der Waals surface area contributed by atoms with E-state index in [-0.39, 0.29) is 24.8 Å². The quantitative estimate of drug-likeness (QED) is 0.892. The van der Waals surface area contributed by atoms with Crippen LogP contribution in [0.3, 0.4) is 0 Å². The molecule has 2 aromatic rings. The Labute approximate surface area is 155 Å². The molecule has 0 bridgehead atoms. The molecule has 0 saturated heterocycles. The van der Waals surface area contributed by atoms with Gasteiger partial charge in [0.2, 0.25) is 5.91 Å². The molecule has 1 aliphatic heterocycles. The summed E-state index contributed by atoms with van der Waals surface area (Å²) in [4.78, 5) is 26.4. The number of anilines is 1. The minimum atomic E-state index is -0.760. The first kappa shape index (κ1) is 17.6. The third kappa shape index (κ3) is 3.72. The summed E-state index contributed by atoms with van der Waals surface area (Å²) in [6.07, 6.45) is -0.658. The SMILES string of the molecule is CNC(=O)C1CN(C(=O)Cc2ccc(Cl)cc2Cl)c2ccccc2O1. The summed E-state index contributed by atoms with van der Waals surface area (Å²) in [5.74, 6) is 0.0450. The number of hydrogen-bond acceptors (Lipinski definition) is 3. The molecule has 0 spiro atoms. The highest BCUT2D eigenvalue weighted by molar-refractivity contribution is 6.35. The van der Waals surface area contributed by atoms with E-state index in [2.05, 4.69) is 5.32 Å². The summed E-state index contributed by atoms with van der Waals surface area (Å²) < 4.78 is 5.71. The molecule has 0 aromatic heterocycles. The molecule has 1 heterocycles. The number of halogens is 2. The largest absolute Gasteiger partial charge is 0.477 e. The summed E-state index contributed by atoms with van der Waals surface area (Å²) >= 11 is 12.1. The van der Waals surface area contributed by atoms with Crippen molar-refractivity contribution in [2.75, 3.05) is 18.5 Å². The van der Waals surface area contributed by atoms with Crippen LogP contribution in [0.15, 0.2) is 42.5 Å². The maximum absolute atomic E-state index is 12.9. The maximum Gasteiger partial charge on any atom is 0.262 e. The smallest absolute Gasteiger partial charge is 0.262 e. The fourth-order valence-corrected chi connectivity index (χ4v) is 3.17. The van der Waals surface area contributed by atoms with Gasteiger partial charge in [-0.25, -0.2) is 0 Å². The Hall–Kier alpha value is -2.24. The van der Waals surface area contributed by atoms with Gasteiger partial charge in [0.25, 0.3) is 5.91 Å². The van der Waals surface area contributed by atoms with Gasteiger partial charge in [-0.05, 0) is 29.8 Å². The van der Waals surface area contributed by atoms with Crippen molar-refractivity contribution in [1.29, 1.82) is 0 Å². The summed E-state index contributed by atoms with van der Waals surface area (Å²) in [5.41, 5.74) is 1.31. The molecule has 25 heavy (non-hydrogen) atoms. The molecule has 0 saturated carbocycles. The Balaban J connectivity index is 1.88. The normalized spacial score (nSPS) is 16.0. The number of benzene rings is 2. The predicted molar refractivity (Wildman–Crippen MR) is 97.4 cm³/mol. The summed E-state index contributed by atoms with van der Waals surface area (Å²) in [7, 11) is 1.53. The molecule has 3 rings (SSSR count). The molecule has 2 amide bonds. The fourth-order valence-electron chi connectivity index (χ4n) is 2.69. The van der Waals surface area contributed by atoms with E-state index in [4.69, 9.17) is 27.9 Å². The molecule has 1 N–H and O–H groups in total. The first-order chi connectivity index (χ1) is 12.0. The number of amides is 2. The standard InChI is InChI=1S/C18H16Cl2N2O3/c1-21-18(24)16-10-22(14-4-2-3-5-15(14)25-16)17(23)8-11-6-7-12(19)9-13(11)20/h2-7,9,16H,8,10H2,1H3,(H,21,24). The average Bonchev–Trinajstić information content (AvgIpc) is 2.62. The maximum atomic E-state index is 12.9. The molecule has 0 aliphatic carbocycles. The van der Waals surface area contributed by atoms with Crippen LogP contribution in [0.25, 0.3) is 0 Å². The van der Waals surface area contributed by atoms with Crippen molar-refractivity contribution in [2.45, 2.75) is 12.5 Å². The van der Waals surface area contributed by atoms with Gasteiger partial charge in [-0.15, -0.1) is 0 Å². The zero-order valence-electron chi connectivity index (χ0n) is 13.5. The highest BCUT2D eigenvalue weighted by atomic mass is 35.5. The van der Waals surface area contributed by atoms with E-state index >= 15 is 0 Å². The molecule has 130 valence electrons. The summed E-state index contributed by atoms with van der Waals surface area (Å²) in [5, 5.41) is 3.50. The van der Waals surface area contributed by atoms with Crippen LogP contribution in [-0.4, -0.2) is 31.5 Å². The van der Waals surface area contributed by atoms with Gasteiger partial charge >= 0.3 is 0 Å². The molecular formula is C18H16Cl2N2O3. The van der Waals surface area contributed by atoms with Crippen LogP contribution in [0.2, 0.25) is 10.0 Å². The Morgan fingerprint density at radius 2 is 2.00 bits per heavy atom. The number of nitrogens with zero attached hydrogens (tertiary/aromatic N) is 1. The van der Waals surface area contributed by atoms with E-state index in [1.165, 1.54) is 7.05 Å². The molecule has 0 fully saturated rings. The van der Waals surface area contributed by atoms with Crippen LogP contribution in [0.4, 0.5) is 5.69 Å². The Bertz CT molecular complexity index is 826. The minimum absolute atomic E-state index is 0.102. The molecule has 7 heteroatoms. The number of rotatable bonds is 3. The number of carbonyl (C=O) groups is 2. The highest BCUT2D eigenvalue weighted by Gasteiger charge is 2.33. The first-order valence-electron chi connectivity index (χ1n) is 7.71. The van der Waals surface area contributed by atoms with E-state index in [0.29, 0.717) is 27.0 Å². The van der Waals surface area contributed by atoms with E-state index < -0.39 is 6.10 Å². The molecule has 1 unspecified atom stereocenters. The van der Waals surface area contributed by atoms with Crippen molar-refractivity contribution in [3.8, 4) is 5.75 Å². The van der Waals surface area contributed by atoms with E-state index in [1.807, 2.05) is 6.07 Å². The number of fused-ring (bicyclic) bond motifs is 1. The number of carbonyl (C=O) groups excluding carboxylic acids is 2. The van der Waals surface area contributed by atoms with Gasteiger partial charge < -0.3 is 15.0 Å². The van der Waals surface area contributed by atoms with E-state index in [1.54, 1.807) is 41.3 Å². The predicted octanol–water partition coefficient (Wildman–Crippen LogP) is 3.08. The number of para-hydroxylation sites is 2. The second-order valence-corrected chi connectivity index (χ2v) is 6.45. The third-order valence-corrected chi connectivity index (χ3v) is 4.56. The van der Waals surface area contributed by atoms with E-state index in [0.717, 1.165) is 0 Å². The van der Waals surface area contributed by atoms with Crippen molar-refractivity contribution in [2.24, 2.45) is 0 Å². The molecule has 2 aromatic carbocycles. The third-order valence-electron chi connectivity index (χ3n) is 3.97. The van der Waals surface area contributed by atoms with Crippen LogP contribution in [0, 0.1) is 0 Å². The Morgan fingerprint density at radius 1 is 1.24 bits per heavy atom. The second kappa shape index (κ2) is 7.33. The lowest BCUT2D eigenvalue weighted by Gasteiger charge is -2.34. The minimum Gasteiger partial charge on any atom is -0.477 e. The zero-order valence-corrected chi connectivity index (χ0v) is 15.0. The van der Waals surface area contributed by atoms with Crippen LogP contribution in [0.1, 0.15) is 5.56 Å². The van der Waals surface area contributed by atoms with Crippen molar-refractivity contribution < 1.29 is 14.3 Å². The van der Waals surface area contributed by atoms with Crippen LogP contribution >= 0.6 is 23.2 Å². The number of likely N-dealkylation sites (N-methyl/N-ethyl adjacent to an activating group) is 1. The second-order valence-electron chi connectivity index (χ2n) is 5.61. The van der Waals surface area contributed by atoms with Crippen molar-refractivity contribution in [1.82, 2.24) is 5.32 Å². The lowest BCUT2D eigenvalue weighted by molar-refractivity contribution is -0.127. The van der Waals surface area contributed by atoms with Gasteiger partial charge in [0.1, 0.15) is 5.75 Å². The number of nitrogens with one attached hydrogen (secondary N) is 1. The summed E-state index contributed by atoms with van der Waals surface area (Å²) in [6, 6.07) is 12.2. The zero-order chi connectivity index (χ0) is 18.0. The molecule has 1 atom stereocenters. The van der Waals surface area contributed by atoms with Crippen LogP contribution in [0.5, 0.6) is 5.75 Å². The Kier molecular flexibility index (Phi) is 5.16. The van der Waals surface area contributed by atoms with E-state index in [9.17, 15) is 9.59 Å². The molecule has 0 radical (unpaired) electrons. The van der Waals surface area contributed by atoms with Gasteiger partial charge in [-0.1, -0.05) is 41.4 Å². The average molecular weight is 379 g/mol. The topological polar surface area (TPSA) is 58.6 Å². The van der Waals surface area contributed by atoms with Gasteiger partial charge in [-0.2, -0.15) is 0 Å². The van der Waals surface area contributed by atoms with Crippen molar-refractivity contribution in [3.63, 3.8) is 0 Å². The van der Waals surface area contributed by atoms with Gasteiger partial charge in [0, 0.05) is 17.1 Å². The van der Waals surface area contributed by atoms with Crippen molar-refractivity contribution >= 4 is 40.7 Å².